The van der Waals surface area contributed by atoms with Crippen LogP contribution in [-0.2, 0) is 17.8 Å². The van der Waals surface area contributed by atoms with E-state index in [1.165, 1.54) is 0 Å². The number of anilines is 1. The number of piperidine rings is 1. The monoisotopic (exact) mass is 482 g/mol. The third-order valence-electron chi connectivity index (χ3n) is 6.92. The van der Waals surface area contributed by atoms with E-state index in [1.54, 1.807) is 6.20 Å². The number of rotatable bonds is 6. The fourth-order valence-electron chi connectivity index (χ4n) is 4.88. The summed E-state index contributed by atoms with van der Waals surface area (Å²) in [5.74, 6) is 2.79. The van der Waals surface area contributed by atoms with Gasteiger partial charge in [0.15, 0.2) is 17.1 Å². The Morgan fingerprint density at radius 3 is 2.78 bits per heavy atom. The molecule has 10 heteroatoms. The molecule has 1 saturated heterocycles. The Hall–Kier alpha value is -4.08. The molecule has 0 saturated carbocycles. The number of amides is 1. The number of benzene rings is 1. The predicted molar refractivity (Wildman–Crippen MR) is 138 cm³/mol. The minimum atomic E-state index is 0.140. The third-order valence-corrected chi connectivity index (χ3v) is 6.92. The average Bonchev–Trinajstić information content (AvgIpc) is 3.54. The summed E-state index contributed by atoms with van der Waals surface area (Å²) in [6.45, 7) is 2.33. The van der Waals surface area contributed by atoms with Gasteiger partial charge in [-0.25, -0.2) is 4.98 Å². The molecule has 2 aliphatic heterocycles. The van der Waals surface area contributed by atoms with E-state index in [2.05, 4.69) is 21.5 Å². The van der Waals surface area contributed by atoms with Crippen molar-refractivity contribution in [1.29, 1.82) is 0 Å². The standard InChI is InChI=1S/C26H27BN6O3/c27-20-15-30-33-24(29-14-18-2-1-7-28-13-18)12-21(31-26(20)33)19-5-8-32(9-6-19)25(34)11-17-3-4-22-23(10-17)36-16-35-22/h1-4,7,10,12-13,15,19,29H,5-6,8-9,11,14,16,27H2. The Morgan fingerprint density at radius 2 is 1.94 bits per heavy atom. The highest BCUT2D eigenvalue weighted by molar-refractivity contribution is 6.36. The number of pyridine rings is 1. The van der Waals surface area contributed by atoms with Crippen LogP contribution >= 0.6 is 0 Å². The van der Waals surface area contributed by atoms with Gasteiger partial charge in [0.05, 0.1) is 6.42 Å². The van der Waals surface area contributed by atoms with E-state index < -0.39 is 0 Å². The van der Waals surface area contributed by atoms with E-state index in [4.69, 9.17) is 14.5 Å². The molecule has 0 aliphatic carbocycles. The molecule has 9 nitrogen and oxygen atoms in total. The topological polar surface area (TPSA) is 93.9 Å². The lowest BCUT2D eigenvalue weighted by Crippen LogP contribution is -2.39. The number of likely N-dealkylation sites (tertiary alicyclic amines) is 1. The highest BCUT2D eigenvalue weighted by atomic mass is 16.7. The molecular weight excluding hydrogens is 455 g/mol. The SMILES string of the molecule is Bc1cnn2c(NCc3cccnc3)cc(C3CCN(C(=O)Cc4ccc5c(c4)OCO5)CC3)nc12. The van der Waals surface area contributed by atoms with Gasteiger partial charge in [0.1, 0.15) is 13.7 Å². The van der Waals surface area contributed by atoms with Crippen LogP contribution in [0.3, 0.4) is 0 Å². The summed E-state index contributed by atoms with van der Waals surface area (Å²) in [6, 6.07) is 11.8. The second-order valence-electron chi connectivity index (χ2n) is 9.36. The zero-order chi connectivity index (χ0) is 24.5. The highest BCUT2D eigenvalue weighted by Gasteiger charge is 2.26. The van der Waals surface area contributed by atoms with Gasteiger partial charge in [-0.2, -0.15) is 9.61 Å². The van der Waals surface area contributed by atoms with E-state index in [0.717, 1.165) is 65.4 Å². The van der Waals surface area contributed by atoms with Crippen molar-refractivity contribution < 1.29 is 14.3 Å². The number of hydrogen-bond acceptors (Lipinski definition) is 7. The largest absolute Gasteiger partial charge is 0.454 e. The minimum Gasteiger partial charge on any atom is -0.454 e. The van der Waals surface area contributed by atoms with E-state index in [-0.39, 0.29) is 18.6 Å². The summed E-state index contributed by atoms with van der Waals surface area (Å²) >= 11 is 0. The summed E-state index contributed by atoms with van der Waals surface area (Å²) in [5, 5.41) is 8.03. The first-order valence-electron chi connectivity index (χ1n) is 12.3. The Morgan fingerprint density at radius 1 is 1.08 bits per heavy atom. The van der Waals surface area contributed by atoms with Crippen LogP contribution in [0.25, 0.3) is 5.65 Å². The molecule has 6 rings (SSSR count). The molecule has 4 aromatic rings. The molecule has 0 atom stereocenters. The molecule has 182 valence electrons. The first kappa shape index (κ1) is 22.4. The van der Waals surface area contributed by atoms with Crippen molar-refractivity contribution in [2.45, 2.75) is 31.7 Å². The lowest BCUT2D eigenvalue weighted by molar-refractivity contribution is -0.131. The molecular formula is C26H27BN6O3. The molecule has 0 unspecified atom stereocenters. The van der Waals surface area contributed by atoms with Crippen molar-refractivity contribution in [2.75, 3.05) is 25.2 Å². The summed E-state index contributed by atoms with van der Waals surface area (Å²) in [5.41, 5.74) is 4.99. The second-order valence-corrected chi connectivity index (χ2v) is 9.36. The van der Waals surface area contributed by atoms with E-state index in [9.17, 15) is 4.79 Å². The molecule has 1 N–H and O–H groups in total. The van der Waals surface area contributed by atoms with Gasteiger partial charge >= 0.3 is 0 Å². The normalized spacial score (nSPS) is 15.4. The van der Waals surface area contributed by atoms with Gasteiger partial charge in [-0.15, -0.1) is 0 Å². The molecule has 0 bridgehead atoms. The van der Waals surface area contributed by atoms with Crippen LogP contribution in [0.4, 0.5) is 5.82 Å². The molecule has 1 fully saturated rings. The number of carbonyl (C=O) groups is 1. The summed E-state index contributed by atoms with van der Waals surface area (Å²) in [6.07, 6.45) is 7.60. The van der Waals surface area contributed by atoms with Gasteiger partial charge < -0.3 is 19.7 Å². The van der Waals surface area contributed by atoms with Crippen molar-refractivity contribution in [3.8, 4) is 11.5 Å². The Kier molecular flexibility index (Phi) is 5.92. The molecule has 1 aromatic carbocycles. The minimum absolute atomic E-state index is 0.140. The van der Waals surface area contributed by atoms with Crippen molar-refractivity contribution in [3.63, 3.8) is 0 Å². The van der Waals surface area contributed by atoms with Crippen LogP contribution in [0.1, 0.15) is 35.6 Å². The maximum absolute atomic E-state index is 13.0. The lowest BCUT2D eigenvalue weighted by Gasteiger charge is -2.32. The fraction of sp³-hybridized carbons (Fsp3) is 0.308. The number of aromatic nitrogens is 4. The van der Waals surface area contributed by atoms with Crippen LogP contribution in [0.2, 0.25) is 0 Å². The Balaban J connectivity index is 1.13. The number of nitrogens with zero attached hydrogens (tertiary/aromatic N) is 5. The maximum atomic E-state index is 13.0. The third kappa shape index (κ3) is 4.46. The molecule has 36 heavy (non-hydrogen) atoms. The predicted octanol–water partition coefficient (Wildman–Crippen LogP) is 1.67. The molecule has 5 heterocycles. The van der Waals surface area contributed by atoms with Gasteiger partial charge in [0.25, 0.3) is 0 Å². The van der Waals surface area contributed by atoms with Gasteiger partial charge in [-0.1, -0.05) is 12.1 Å². The van der Waals surface area contributed by atoms with Crippen LogP contribution < -0.4 is 20.3 Å². The zero-order valence-corrected chi connectivity index (χ0v) is 20.2. The second kappa shape index (κ2) is 9.52. The van der Waals surface area contributed by atoms with Crippen molar-refractivity contribution in [3.05, 3.63) is 71.8 Å². The van der Waals surface area contributed by atoms with Gasteiger partial charge in [0.2, 0.25) is 12.7 Å². The lowest BCUT2D eigenvalue weighted by atomic mass is 9.92. The molecule has 0 radical (unpaired) electrons. The van der Waals surface area contributed by atoms with Crippen LogP contribution in [0.5, 0.6) is 11.5 Å². The van der Waals surface area contributed by atoms with Gasteiger partial charge in [0, 0.05) is 55.9 Å². The number of carbonyl (C=O) groups excluding carboxylic acids is 1. The van der Waals surface area contributed by atoms with Crippen LogP contribution in [-0.4, -0.2) is 58.1 Å². The quantitative estimate of drug-likeness (QED) is 0.418. The van der Waals surface area contributed by atoms with Gasteiger partial charge in [-0.05, 0) is 47.6 Å². The summed E-state index contributed by atoms with van der Waals surface area (Å²) in [7, 11) is 2.03. The Bertz CT molecular complexity index is 1400. The molecule has 1 amide bonds. The first-order chi connectivity index (χ1) is 17.6. The number of nitrogens with one attached hydrogen (secondary N) is 1. The number of fused-ring (bicyclic) bond motifs is 2. The zero-order valence-electron chi connectivity index (χ0n) is 20.2. The molecule has 3 aromatic heterocycles. The maximum Gasteiger partial charge on any atom is 0.231 e. The fourth-order valence-corrected chi connectivity index (χ4v) is 4.88. The molecule has 0 spiro atoms. The number of hydrogen-bond donors (Lipinski definition) is 1. The Labute approximate surface area is 209 Å². The van der Waals surface area contributed by atoms with Crippen LogP contribution in [0, 0.1) is 0 Å². The first-order valence-corrected chi connectivity index (χ1v) is 12.3. The number of ether oxygens (including phenoxy) is 2. The van der Waals surface area contributed by atoms with Crippen molar-refractivity contribution in [1.82, 2.24) is 24.5 Å². The van der Waals surface area contributed by atoms with E-state index in [1.807, 2.05) is 60.0 Å². The summed E-state index contributed by atoms with van der Waals surface area (Å²) in [4.78, 5) is 24.1. The summed E-state index contributed by atoms with van der Waals surface area (Å²) < 4.78 is 12.7. The van der Waals surface area contributed by atoms with E-state index in [0.29, 0.717) is 18.7 Å². The van der Waals surface area contributed by atoms with E-state index >= 15 is 0 Å². The highest BCUT2D eigenvalue weighted by Crippen LogP contribution is 2.33. The molecule has 2 aliphatic rings. The van der Waals surface area contributed by atoms with Crippen LogP contribution in [0.15, 0.2) is 55.0 Å². The van der Waals surface area contributed by atoms with Gasteiger partial charge in [-0.3, -0.25) is 9.78 Å². The average molecular weight is 482 g/mol. The smallest absolute Gasteiger partial charge is 0.231 e. The van der Waals surface area contributed by atoms with Crippen molar-refractivity contribution >= 4 is 30.7 Å². The van der Waals surface area contributed by atoms with Crippen molar-refractivity contribution in [2.24, 2.45) is 0 Å².